The predicted octanol–water partition coefficient (Wildman–Crippen LogP) is -0.0307. The minimum absolute atomic E-state index is 0.188. The minimum Gasteiger partial charge on any atom is -0.480 e. The number of piperazine rings is 1. The Bertz CT molecular complexity index is 338. The van der Waals surface area contributed by atoms with E-state index in [2.05, 4.69) is 5.32 Å². The molecule has 1 aliphatic rings. The van der Waals surface area contributed by atoms with Gasteiger partial charge in [0.05, 0.1) is 0 Å². The van der Waals surface area contributed by atoms with E-state index in [-0.39, 0.29) is 11.9 Å². The summed E-state index contributed by atoms with van der Waals surface area (Å²) in [6, 6.07) is -1.24. The summed E-state index contributed by atoms with van der Waals surface area (Å²) in [7, 11) is 0. The summed E-state index contributed by atoms with van der Waals surface area (Å²) in [5.41, 5.74) is 0. The number of hydrogen-bond acceptors (Lipinski definition) is 3. The second-order valence-electron chi connectivity index (χ2n) is 5.10. The summed E-state index contributed by atoms with van der Waals surface area (Å²) < 4.78 is 0. The molecule has 1 fully saturated rings. The average molecular weight is 271 g/mol. The molecule has 3 amide bonds. The smallest absolute Gasteiger partial charge is 0.326 e. The molecule has 19 heavy (non-hydrogen) atoms. The second-order valence-corrected chi connectivity index (χ2v) is 5.10. The number of rotatable bonds is 5. The summed E-state index contributed by atoms with van der Waals surface area (Å²) in [5.74, 6) is -0.832. The van der Waals surface area contributed by atoms with Gasteiger partial charge in [-0.2, -0.15) is 0 Å². The van der Waals surface area contributed by atoms with Gasteiger partial charge in [-0.15, -0.1) is 0 Å². The van der Waals surface area contributed by atoms with Gasteiger partial charge in [0.25, 0.3) is 0 Å². The van der Waals surface area contributed by atoms with Gasteiger partial charge in [0.2, 0.25) is 6.41 Å². The minimum atomic E-state index is -1.02. The maximum atomic E-state index is 11.9. The molecule has 0 bridgehead atoms. The van der Waals surface area contributed by atoms with Crippen LogP contribution in [-0.4, -0.2) is 65.5 Å². The monoisotopic (exact) mass is 271 g/mol. The summed E-state index contributed by atoms with van der Waals surface area (Å²) >= 11 is 0. The van der Waals surface area contributed by atoms with Crippen LogP contribution in [0.2, 0.25) is 0 Å². The highest BCUT2D eigenvalue weighted by Gasteiger charge is 2.25. The number of nitrogens with one attached hydrogen (secondary N) is 1. The molecule has 1 aliphatic heterocycles. The molecule has 0 unspecified atom stereocenters. The van der Waals surface area contributed by atoms with Crippen molar-refractivity contribution in [2.45, 2.75) is 26.3 Å². The average Bonchev–Trinajstić information content (AvgIpc) is 2.37. The number of carboxylic acid groups (broad SMARTS) is 1. The van der Waals surface area contributed by atoms with Gasteiger partial charge in [0.1, 0.15) is 6.04 Å². The molecule has 0 spiro atoms. The Morgan fingerprint density at radius 2 is 1.84 bits per heavy atom. The highest BCUT2D eigenvalue weighted by atomic mass is 16.4. The van der Waals surface area contributed by atoms with Gasteiger partial charge in [-0.05, 0) is 12.3 Å². The van der Waals surface area contributed by atoms with Crippen molar-refractivity contribution in [1.82, 2.24) is 15.1 Å². The van der Waals surface area contributed by atoms with Crippen LogP contribution in [0.4, 0.5) is 4.79 Å². The molecule has 1 saturated heterocycles. The molecule has 108 valence electrons. The van der Waals surface area contributed by atoms with Crippen molar-refractivity contribution in [3.63, 3.8) is 0 Å². The van der Waals surface area contributed by atoms with Crippen LogP contribution in [0.25, 0.3) is 0 Å². The van der Waals surface area contributed by atoms with Crippen molar-refractivity contribution >= 4 is 18.4 Å². The van der Waals surface area contributed by atoms with Crippen molar-refractivity contribution in [2.24, 2.45) is 5.92 Å². The number of hydrogen-bond donors (Lipinski definition) is 2. The molecule has 1 atom stereocenters. The molecule has 0 radical (unpaired) electrons. The Labute approximate surface area is 112 Å². The van der Waals surface area contributed by atoms with Crippen molar-refractivity contribution in [1.29, 1.82) is 0 Å². The molecule has 7 heteroatoms. The van der Waals surface area contributed by atoms with Crippen molar-refractivity contribution in [3.05, 3.63) is 0 Å². The van der Waals surface area contributed by atoms with Crippen molar-refractivity contribution in [3.8, 4) is 0 Å². The van der Waals surface area contributed by atoms with Crippen LogP contribution in [-0.2, 0) is 9.59 Å². The number of nitrogens with zero attached hydrogens (tertiary/aromatic N) is 2. The maximum Gasteiger partial charge on any atom is 0.326 e. The molecular formula is C12H21N3O4. The van der Waals surface area contributed by atoms with E-state index in [1.165, 1.54) is 4.90 Å². The van der Waals surface area contributed by atoms with Gasteiger partial charge in [0, 0.05) is 26.2 Å². The van der Waals surface area contributed by atoms with Crippen LogP contribution >= 0.6 is 0 Å². The van der Waals surface area contributed by atoms with Gasteiger partial charge < -0.3 is 20.2 Å². The molecule has 0 aromatic rings. The number of carbonyl (C=O) groups is 3. The molecule has 0 saturated carbocycles. The third kappa shape index (κ3) is 4.76. The fraction of sp³-hybridized carbons (Fsp3) is 0.750. The Balaban J connectivity index is 2.48. The lowest BCUT2D eigenvalue weighted by molar-refractivity contribution is -0.139. The normalized spacial score (nSPS) is 17.2. The Morgan fingerprint density at radius 3 is 2.26 bits per heavy atom. The highest BCUT2D eigenvalue weighted by molar-refractivity contribution is 5.82. The van der Waals surface area contributed by atoms with Crippen molar-refractivity contribution in [2.75, 3.05) is 26.2 Å². The standard InChI is InChI=1S/C12H21N3O4/c1-9(2)7-10(11(17)18)13-12(19)15-5-3-14(8-16)4-6-15/h8-10H,3-7H2,1-2H3,(H,13,19)(H,17,18)/t10-/m0/s1. The molecule has 0 aromatic heterocycles. The van der Waals surface area contributed by atoms with Crippen LogP contribution in [0.15, 0.2) is 0 Å². The number of carboxylic acids is 1. The Hall–Kier alpha value is -1.79. The zero-order valence-electron chi connectivity index (χ0n) is 11.3. The van der Waals surface area contributed by atoms with Crippen LogP contribution in [0.1, 0.15) is 20.3 Å². The Morgan fingerprint density at radius 1 is 1.26 bits per heavy atom. The number of aliphatic carboxylic acids is 1. The van der Waals surface area contributed by atoms with E-state index in [0.29, 0.717) is 32.6 Å². The maximum absolute atomic E-state index is 11.9. The summed E-state index contributed by atoms with van der Waals surface area (Å²) in [4.78, 5) is 36.7. The molecule has 1 rings (SSSR count). The first-order valence-corrected chi connectivity index (χ1v) is 6.41. The first-order chi connectivity index (χ1) is 8.93. The van der Waals surface area contributed by atoms with Crippen LogP contribution in [0.3, 0.4) is 0 Å². The third-order valence-corrected chi connectivity index (χ3v) is 3.05. The highest BCUT2D eigenvalue weighted by Crippen LogP contribution is 2.07. The molecule has 1 heterocycles. The molecule has 0 aromatic carbocycles. The molecule has 0 aliphatic carbocycles. The van der Waals surface area contributed by atoms with Gasteiger partial charge in [-0.25, -0.2) is 9.59 Å². The number of carbonyl (C=O) groups excluding carboxylic acids is 2. The lowest BCUT2D eigenvalue weighted by Crippen LogP contribution is -2.54. The number of urea groups is 1. The first kappa shape index (κ1) is 15.3. The fourth-order valence-electron chi connectivity index (χ4n) is 1.96. The molecular weight excluding hydrogens is 250 g/mol. The lowest BCUT2D eigenvalue weighted by atomic mass is 10.0. The van der Waals surface area contributed by atoms with Gasteiger partial charge in [-0.1, -0.05) is 13.8 Å². The molecule has 2 N–H and O–H groups in total. The largest absolute Gasteiger partial charge is 0.480 e. The predicted molar refractivity (Wildman–Crippen MR) is 68.6 cm³/mol. The lowest BCUT2D eigenvalue weighted by Gasteiger charge is -2.33. The summed E-state index contributed by atoms with van der Waals surface area (Å²) in [6.45, 7) is 5.64. The van der Waals surface area contributed by atoms with Gasteiger partial charge in [-0.3, -0.25) is 4.79 Å². The van der Waals surface area contributed by atoms with E-state index in [4.69, 9.17) is 5.11 Å². The second kappa shape index (κ2) is 6.96. The van der Waals surface area contributed by atoms with E-state index < -0.39 is 12.0 Å². The van der Waals surface area contributed by atoms with Gasteiger partial charge in [0.15, 0.2) is 0 Å². The van der Waals surface area contributed by atoms with E-state index in [1.54, 1.807) is 4.90 Å². The van der Waals surface area contributed by atoms with E-state index in [0.717, 1.165) is 6.41 Å². The quantitative estimate of drug-likeness (QED) is 0.687. The Kier molecular flexibility index (Phi) is 5.59. The van der Waals surface area contributed by atoms with Crippen LogP contribution < -0.4 is 5.32 Å². The summed E-state index contributed by atoms with van der Waals surface area (Å²) in [6.07, 6.45) is 1.16. The zero-order valence-corrected chi connectivity index (χ0v) is 11.3. The fourth-order valence-corrected chi connectivity index (χ4v) is 1.96. The van der Waals surface area contributed by atoms with Crippen LogP contribution in [0, 0.1) is 5.92 Å². The van der Waals surface area contributed by atoms with E-state index in [1.807, 2.05) is 13.8 Å². The number of amides is 3. The van der Waals surface area contributed by atoms with Crippen molar-refractivity contribution < 1.29 is 19.5 Å². The topological polar surface area (TPSA) is 90.0 Å². The zero-order chi connectivity index (χ0) is 14.4. The summed E-state index contributed by atoms with van der Waals surface area (Å²) in [5, 5.41) is 11.6. The van der Waals surface area contributed by atoms with E-state index in [9.17, 15) is 14.4 Å². The first-order valence-electron chi connectivity index (χ1n) is 6.41. The van der Waals surface area contributed by atoms with E-state index >= 15 is 0 Å². The van der Waals surface area contributed by atoms with Gasteiger partial charge >= 0.3 is 12.0 Å². The SMILES string of the molecule is CC(C)C[C@H](NC(=O)N1CCN(C=O)CC1)C(=O)O. The molecule has 7 nitrogen and oxygen atoms in total. The third-order valence-electron chi connectivity index (χ3n) is 3.05. The van der Waals surface area contributed by atoms with Crippen LogP contribution in [0.5, 0.6) is 0 Å².